The first-order valence-electron chi connectivity index (χ1n) is 6.61. The zero-order valence-electron chi connectivity index (χ0n) is 11.0. The van der Waals surface area contributed by atoms with Crippen molar-refractivity contribution in [3.8, 4) is 0 Å². The third-order valence-corrected chi connectivity index (χ3v) is 2.92. The van der Waals surface area contributed by atoms with E-state index in [9.17, 15) is 0 Å². The average Bonchev–Trinajstić information content (AvgIpc) is 2.26. The summed E-state index contributed by atoms with van der Waals surface area (Å²) in [5, 5.41) is 3.61. The van der Waals surface area contributed by atoms with E-state index in [4.69, 9.17) is 4.74 Å². The van der Waals surface area contributed by atoms with E-state index in [1.54, 1.807) is 0 Å². The van der Waals surface area contributed by atoms with Gasteiger partial charge in [-0.2, -0.15) is 0 Å². The van der Waals surface area contributed by atoms with Gasteiger partial charge >= 0.3 is 0 Å². The molecular weight excluding hydrogens is 186 g/mol. The molecule has 92 valence electrons. The van der Waals surface area contributed by atoms with Crippen LogP contribution < -0.4 is 5.32 Å². The van der Waals surface area contributed by atoms with Crippen molar-refractivity contribution in [2.24, 2.45) is 5.92 Å². The third-order valence-electron chi connectivity index (χ3n) is 2.92. The van der Waals surface area contributed by atoms with Crippen LogP contribution in [0.3, 0.4) is 0 Å². The van der Waals surface area contributed by atoms with E-state index in [2.05, 4.69) is 33.0 Å². The minimum Gasteiger partial charge on any atom is -0.380 e. The van der Waals surface area contributed by atoms with Crippen LogP contribution in [0.5, 0.6) is 0 Å². The number of rotatable bonds is 10. The number of ether oxygens (including phenoxy) is 1. The third kappa shape index (κ3) is 6.91. The molecule has 1 atom stereocenters. The Morgan fingerprint density at radius 3 is 2.13 bits per heavy atom. The number of hydrogen-bond donors (Lipinski definition) is 1. The summed E-state index contributed by atoms with van der Waals surface area (Å²) in [6.07, 6.45) is 4.80. The van der Waals surface area contributed by atoms with Crippen LogP contribution in [0.25, 0.3) is 0 Å². The van der Waals surface area contributed by atoms with Crippen molar-refractivity contribution in [1.29, 1.82) is 0 Å². The van der Waals surface area contributed by atoms with Gasteiger partial charge in [0.25, 0.3) is 0 Å². The van der Waals surface area contributed by atoms with Crippen LogP contribution in [0.15, 0.2) is 0 Å². The van der Waals surface area contributed by atoms with Crippen molar-refractivity contribution in [2.45, 2.75) is 59.4 Å². The molecule has 0 saturated carbocycles. The Balaban J connectivity index is 3.91. The van der Waals surface area contributed by atoms with Crippen LogP contribution in [-0.2, 0) is 4.74 Å². The standard InChI is InChI=1S/C13H29NO/c1-5-9-14-13(11-15-10-6-2)12(7-3)8-4/h12-14H,5-11H2,1-4H3. The zero-order chi connectivity index (χ0) is 11.5. The summed E-state index contributed by atoms with van der Waals surface area (Å²) < 4.78 is 5.66. The minimum atomic E-state index is 0.548. The molecule has 0 rings (SSSR count). The first-order valence-corrected chi connectivity index (χ1v) is 6.61. The highest BCUT2D eigenvalue weighted by atomic mass is 16.5. The van der Waals surface area contributed by atoms with Crippen molar-refractivity contribution >= 4 is 0 Å². The average molecular weight is 215 g/mol. The molecule has 15 heavy (non-hydrogen) atoms. The largest absolute Gasteiger partial charge is 0.380 e. The lowest BCUT2D eigenvalue weighted by Gasteiger charge is -2.26. The van der Waals surface area contributed by atoms with Crippen molar-refractivity contribution in [3.63, 3.8) is 0 Å². The monoisotopic (exact) mass is 215 g/mol. The maximum Gasteiger partial charge on any atom is 0.0622 e. The van der Waals surface area contributed by atoms with Crippen LogP contribution in [0.2, 0.25) is 0 Å². The van der Waals surface area contributed by atoms with Gasteiger partial charge in [-0.1, -0.05) is 40.5 Å². The number of nitrogens with one attached hydrogen (secondary N) is 1. The lowest BCUT2D eigenvalue weighted by molar-refractivity contribution is 0.0913. The Morgan fingerprint density at radius 1 is 1.00 bits per heavy atom. The fourth-order valence-electron chi connectivity index (χ4n) is 1.90. The van der Waals surface area contributed by atoms with Gasteiger partial charge in [0.15, 0.2) is 0 Å². The predicted molar refractivity (Wildman–Crippen MR) is 67.3 cm³/mol. The molecule has 0 aromatic heterocycles. The van der Waals surface area contributed by atoms with E-state index >= 15 is 0 Å². The maximum atomic E-state index is 5.66. The Hall–Kier alpha value is -0.0800. The van der Waals surface area contributed by atoms with E-state index in [1.807, 2.05) is 0 Å². The van der Waals surface area contributed by atoms with Gasteiger partial charge in [-0.3, -0.25) is 0 Å². The highest BCUT2D eigenvalue weighted by Crippen LogP contribution is 2.13. The van der Waals surface area contributed by atoms with Gasteiger partial charge in [0.1, 0.15) is 0 Å². The van der Waals surface area contributed by atoms with E-state index in [-0.39, 0.29) is 0 Å². The normalized spacial score (nSPS) is 13.4. The molecule has 2 heteroatoms. The fraction of sp³-hybridized carbons (Fsp3) is 1.00. The van der Waals surface area contributed by atoms with Crippen LogP contribution in [0, 0.1) is 5.92 Å². The molecule has 0 bridgehead atoms. The molecule has 0 amide bonds. The Morgan fingerprint density at radius 2 is 1.67 bits per heavy atom. The van der Waals surface area contributed by atoms with E-state index in [1.165, 1.54) is 19.3 Å². The second-order valence-electron chi connectivity index (χ2n) is 4.21. The van der Waals surface area contributed by atoms with Gasteiger partial charge in [0, 0.05) is 12.6 Å². The topological polar surface area (TPSA) is 21.3 Å². The van der Waals surface area contributed by atoms with E-state index < -0.39 is 0 Å². The smallest absolute Gasteiger partial charge is 0.0622 e. The van der Waals surface area contributed by atoms with Gasteiger partial charge in [-0.05, 0) is 25.3 Å². The molecule has 0 fully saturated rings. The summed E-state index contributed by atoms with van der Waals surface area (Å²) in [6, 6.07) is 0.548. The molecule has 1 unspecified atom stereocenters. The van der Waals surface area contributed by atoms with Crippen molar-refractivity contribution in [1.82, 2.24) is 5.32 Å². The van der Waals surface area contributed by atoms with Gasteiger partial charge < -0.3 is 10.1 Å². The second kappa shape index (κ2) is 10.4. The molecule has 0 aliphatic carbocycles. The Bertz CT molecular complexity index is 124. The first-order chi connectivity index (χ1) is 7.29. The highest BCUT2D eigenvalue weighted by molar-refractivity contribution is 4.74. The van der Waals surface area contributed by atoms with Crippen LogP contribution in [0.4, 0.5) is 0 Å². The number of hydrogen-bond acceptors (Lipinski definition) is 2. The molecule has 0 radical (unpaired) electrons. The summed E-state index contributed by atoms with van der Waals surface area (Å²) in [5.74, 6) is 0.758. The molecule has 0 heterocycles. The van der Waals surface area contributed by atoms with Crippen molar-refractivity contribution < 1.29 is 4.74 Å². The van der Waals surface area contributed by atoms with E-state index in [0.29, 0.717) is 6.04 Å². The van der Waals surface area contributed by atoms with Crippen molar-refractivity contribution in [3.05, 3.63) is 0 Å². The molecule has 2 nitrogen and oxygen atoms in total. The van der Waals surface area contributed by atoms with Gasteiger partial charge in [0.2, 0.25) is 0 Å². The summed E-state index contributed by atoms with van der Waals surface area (Å²) in [7, 11) is 0. The fourth-order valence-corrected chi connectivity index (χ4v) is 1.90. The quantitative estimate of drug-likeness (QED) is 0.565. The molecule has 0 saturated heterocycles. The van der Waals surface area contributed by atoms with Crippen molar-refractivity contribution in [2.75, 3.05) is 19.8 Å². The maximum absolute atomic E-state index is 5.66. The van der Waals surface area contributed by atoms with Crippen LogP contribution in [-0.4, -0.2) is 25.8 Å². The summed E-state index contributed by atoms with van der Waals surface area (Å²) in [6.45, 7) is 11.8. The summed E-state index contributed by atoms with van der Waals surface area (Å²) in [5.41, 5.74) is 0. The molecular formula is C13H29NO. The summed E-state index contributed by atoms with van der Waals surface area (Å²) >= 11 is 0. The SMILES string of the molecule is CCCNC(COCCC)C(CC)CC. The predicted octanol–water partition coefficient (Wildman–Crippen LogP) is 3.22. The molecule has 1 N–H and O–H groups in total. The lowest BCUT2D eigenvalue weighted by Crippen LogP contribution is -2.40. The van der Waals surface area contributed by atoms with Gasteiger partial charge in [0.05, 0.1) is 6.61 Å². The highest BCUT2D eigenvalue weighted by Gasteiger charge is 2.17. The van der Waals surface area contributed by atoms with Crippen LogP contribution >= 0.6 is 0 Å². The lowest BCUT2D eigenvalue weighted by atomic mass is 9.94. The summed E-state index contributed by atoms with van der Waals surface area (Å²) in [4.78, 5) is 0. The first kappa shape index (κ1) is 14.9. The molecule has 0 aromatic rings. The molecule has 0 aliphatic heterocycles. The minimum absolute atomic E-state index is 0.548. The van der Waals surface area contributed by atoms with Gasteiger partial charge in [-0.15, -0.1) is 0 Å². The molecule has 0 aliphatic rings. The Labute approximate surface area is 95.8 Å². The van der Waals surface area contributed by atoms with E-state index in [0.717, 1.165) is 32.1 Å². The van der Waals surface area contributed by atoms with Gasteiger partial charge in [-0.25, -0.2) is 0 Å². The molecule has 0 spiro atoms. The zero-order valence-corrected chi connectivity index (χ0v) is 11.0. The molecule has 0 aromatic carbocycles. The van der Waals surface area contributed by atoms with Crippen LogP contribution in [0.1, 0.15) is 53.4 Å². The Kier molecular flexibility index (Phi) is 10.4. The second-order valence-corrected chi connectivity index (χ2v) is 4.21.